The Balaban J connectivity index is 1.66. The fourth-order valence-electron chi connectivity index (χ4n) is 2.86. The predicted octanol–water partition coefficient (Wildman–Crippen LogP) is 4.01. The maximum Gasteiger partial charge on any atom is 0.250 e. The molecule has 2 heterocycles. The molecule has 4 aromatic rings. The van der Waals surface area contributed by atoms with Gasteiger partial charge in [-0.05, 0) is 36.8 Å². The Morgan fingerprint density at radius 2 is 2.14 bits per heavy atom. The summed E-state index contributed by atoms with van der Waals surface area (Å²) in [6, 6.07) is 9.01. The topological polar surface area (TPSA) is 104 Å². The van der Waals surface area contributed by atoms with Crippen LogP contribution in [0.3, 0.4) is 0 Å². The molecular formula is C19H15ClN4O3S. The van der Waals surface area contributed by atoms with Crippen molar-refractivity contribution < 1.29 is 13.9 Å². The average molecular weight is 415 g/mol. The van der Waals surface area contributed by atoms with E-state index >= 15 is 0 Å². The van der Waals surface area contributed by atoms with Crippen LogP contribution in [0.5, 0.6) is 5.75 Å². The van der Waals surface area contributed by atoms with Crippen molar-refractivity contribution in [2.75, 3.05) is 7.11 Å². The van der Waals surface area contributed by atoms with E-state index in [0.29, 0.717) is 23.8 Å². The third-order valence-corrected chi connectivity index (χ3v) is 5.56. The van der Waals surface area contributed by atoms with Gasteiger partial charge in [-0.15, -0.1) is 21.5 Å². The van der Waals surface area contributed by atoms with Gasteiger partial charge in [0.15, 0.2) is 0 Å². The summed E-state index contributed by atoms with van der Waals surface area (Å²) in [5.74, 6) is 0.824. The first-order valence-electron chi connectivity index (χ1n) is 8.31. The normalized spacial score (nSPS) is 11.1. The fraction of sp³-hybridized carbons (Fsp3) is 0.158. The summed E-state index contributed by atoms with van der Waals surface area (Å²) < 4.78 is 12.2. The molecule has 0 radical (unpaired) electrons. The Bertz CT molecular complexity index is 1200. The Hall–Kier alpha value is -2.97. The summed E-state index contributed by atoms with van der Waals surface area (Å²) in [7, 11) is 1.62. The van der Waals surface area contributed by atoms with Crippen molar-refractivity contribution in [2.45, 2.75) is 13.3 Å². The summed E-state index contributed by atoms with van der Waals surface area (Å²) >= 11 is 7.62. The number of aromatic nitrogens is 3. The number of hydrogen-bond acceptors (Lipinski definition) is 7. The molecule has 0 aliphatic rings. The lowest BCUT2D eigenvalue weighted by Gasteiger charge is -2.05. The number of benzene rings is 2. The summed E-state index contributed by atoms with van der Waals surface area (Å²) in [6.45, 7) is 1.84. The lowest BCUT2D eigenvalue weighted by Crippen LogP contribution is -2.12. The summed E-state index contributed by atoms with van der Waals surface area (Å²) in [5, 5.41) is 9.33. The second-order valence-electron chi connectivity index (χ2n) is 6.10. The van der Waals surface area contributed by atoms with E-state index in [1.54, 1.807) is 30.6 Å². The van der Waals surface area contributed by atoms with Crippen LogP contribution in [-0.4, -0.2) is 28.2 Å². The van der Waals surface area contributed by atoms with Gasteiger partial charge in [-0.2, -0.15) is 0 Å². The largest absolute Gasteiger partial charge is 0.494 e. The molecule has 7 nitrogen and oxygen atoms in total. The van der Waals surface area contributed by atoms with E-state index < -0.39 is 5.91 Å². The quantitative estimate of drug-likeness (QED) is 0.529. The first-order chi connectivity index (χ1) is 13.5. The molecule has 2 N–H and O–H groups in total. The monoisotopic (exact) mass is 414 g/mol. The molecule has 2 aromatic heterocycles. The van der Waals surface area contributed by atoms with E-state index in [2.05, 4.69) is 15.2 Å². The third-order valence-electron chi connectivity index (χ3n) is 4.23. The van der Waals surface area contributed by atoms with Crippen molar-refractivity contribution in [1.82, 2.24) is 15.2 Å². The van der Waals surface area contributed by atoms with Gasteiger partial charge >= 0.3 is 0 Å². The minimum absolute atomic E-state index is 0.209. The van der Waals surface area contributed by atoms with E-state index in [4.69, 9.17) is 26.5 Å². The molecule has 0 bridgehead atoms. The molecule has 1 amide bonds. The number of thiazole rings is 1. The number of methoxy groups -OCH3 is 1. The predicted molar refractivity (Wildman–Crippen MR) is 107 cm³/mol. The molecule has 0 aliphatic heterocycles. The van der Waals surface area contributed by atoms with Gasteiger partial charge in [-0.1, -0.05) is 17.7 Å². The summed E-state index contributed by atoms with van der Waals surface area (Å²) in [5.41, 5.74) is 7.81. The number of fused-ring (bicyclic) bond motifs is 1. The van der Waals surface area contributed by atoms with Gasteiger partial charge in [-0.3, -0.25) is 4.79 Å². The Morgan fingerprint density at radius 1 is 1.32 bits per heavy atom. The van der Waals surface area contributed by atoms with Gasteiger partial charge in [0, 0.05) is 5.56 Å². The number of amides is 1. The number of para-hydroxylation sites is 1. The summed E-state index contributed by atoms with van der Waals surface area (Å²) in [4.78, 5) is 16.2. The molecule has 28 heavy (non-hydrogen) atoms. The molecule has 9 heteroatoms. The standard InChI is InChI=1S/C19H15ClN4O3S/c1-9-6-12(20)11(18(21)25)7-10(9)19-24-23-15(27-19)8-16-22-17-13(26-2)4-3-5-14(17)28-16/h3-7H,8H2,1-2H3,(H2,21,25). The van der Waals surface area contributed by atoms with Crippen LogP contribution in [-0.2, 0) is 6.42 Å². The van der Waals surface area contributed by atoms with Crippen LogP contribution in [0.25, 0.3) is 21.7 Å². The van der Waals surface area contributed by atoms with Crippen LogP contribution < -0.4 is 10.5 Å². The second kappa shape index (κ2) is 7.21. The Labute approximate surface area is 169 Å². The highest BCUT2D eigenvalue weighted by Crippen LogP contribution is 2.32. The van der Waals surface area contributed by atoms with Crippen LogP contribution in [0.4, 0.5) is 0 Å². The summed E-state index contributed by atoms with van der Waals surface area (Å²) in [6.07, 6.45) is 0.394. The molecule has 0 aliphatic carbocycles. The molecule has 4 rings (SSSR count). The third kappa shape index (κ3) is 3.32. The van der Waals surface area contributed by atoms with Gasteiger partial charge in [0.05, 0.1) is 28.8 Å². The Kier molecular flexibility index (Phi) is 4.74. The highest BCUT2D eigenvalue weighted by molar-refractivity contribution is 7.18. The van der Waals surface area contributed by atoms with Crippen molar-refractivity contribution in [3.63, 3.8) is 0 Å². The van der Waals surface area contributed by atoms with E-state index in [-0.39, 0.29) is 10.6 Å². The zero-order valence-corrected chi connectivity index (χ0v) is 16.6. The molecular weight excluding hydrogens is 400 g/mol. The molecule has 0 spiro atoms. The molecule has 2 aromatic carbocycles. The van der Waals surface area contributed by atoms with Crippen molar-refractivity contribution in [3.05, 3.63) is 57.4 Å². The van der Waals surface area contributed by atoms with Crippen molar-refractivity contribution >= 4 is 39.1 Å². The van der Waals surface area contributed by atoms with E-state index in [0.717, 1.165) is 26.5 Å². The van der Waals surface area contributed by atoms with Gasteiger partial charge in [0.2, 0.25) is 17.7 Å². The van der Waals surface area contributed by atoms with Gasteiger partial charge < -0.3 is 14.9 Å². The fourth-order valence-corrected chi connectivity index (χ4v) is 4.15. The molecule has 0 saturated heterocycles. The van der Waals surface area contributed by atoms with Crippen LogP contribution in [0.1, 0.15) is 26.8 Å². The zero-order chi connectivity index (χ0) is 19.8. The van der Waals surface area contributed by atoms with Gasteiger partial charge in [0.1, 0.15) is 16.3 Å². The Morgan fingerprint density at radius 3 is 2.89 bits per heavy atom. The highest BCUT2D eigenvalue weighted by Gasteiger charge is 2.17. The minimum atomic E-state index is -0.616. The van der Waals surface area contributed by atoms with E-state index in [9.17, 15) is 4.79 Å². The molecule has 142 valence electrons. The van der Waals surface area contributed by atoms with Gasteiger partial charge in [-0.25, -0.2) is 4.98 Å². The molecule has 0 atom stereocenters. The van der Waals surface area contributed by atoms with Crippen molar-refractivity contribution in [2.24, 2.45) is 5.73 Å². The number of aryl methyl sites for hydroxylation is 1. The SMILES string of the molecule is COc1cccc2sc(Cc3nnc(-c4cc(C(N)=O)c(Cl)cc4C)o3)nc12. The van der Waals surface area contributed by atoms with Crippen LogP contribution in [0, 0.1) is 6.92 Å². The number of carbonyl (C=O) groups is 1. The van der Waals surface area contributed by atoms with E-state index in [1.165, 1.54) is 0 Å². The maximum absolute atomic E-state index is 11.6. The first-order valence-corrected chi connectivity index (χ1v) is 9.51. The molecule has 0 unspecified atom stereocenters. The number of ether oxygens (including phenoxy) is 1. The van der Waals surface area contributed by atoms with Crippen molar-refractivity contribution in [3.8, 4) is 17.2 Å². The number of primary amides is 1. The second-order valence-corrected chi connectivity index (χ2v) is 7.63. The number of rotatable bonds is 5. The number of hydrogen-bond donors (Lipinski definition) is 1. The molecule has 0 fully saturated rings. The van der Waals surface area contributed by atoms with Crippen LogP contribution in [0.2, 0.25) is 5.02 Å². The smallest absolute Gasteiger partial charge is 0.250 e. The number of carbonyl (C=O) groups excluding carboxylic acids is 1. The number of nitrogens with two attached hydrogens (primary N) is 1. The minimum Gasteiger partial charge on any atom is -0.494 e. The van der Waals surface area contributed by atoms with Gasteiger partial charge in [0.25, 0.3) is 0 Å². The van der Waals surface area contributed by atoms with Crippen LogP contribution in [0.15, 0.2) is 34.7 Å². The zero-order valence-electron chi connectivity index (χ0n) is 15.0. The molecule has 0 saturated carbocycles. The van der Waals surface area contributed by atoms with E-state index in [1.807, 2.05) is 25.1 Å². The lowest BCUT2D eigenvalue weighted by atomic mass is 10.0. The highest BCUT2D eigenvalue weighted by atomic mass is 35.5. The first kappa shape index (κ1) is 18.4. The lowest BCUT2D eigenvalue weighted by molar-refractivity contribution is 0.100. The average Bonchev–Trinajstić information content (AvgIpc) is 3.27. The maximum atomic E-state index is 11.6. The number of halogens is 1. The van der Waals surface area contributed by atoms with Crippen molar-refractivity contribution in [1.29, 1.82) is 0 Å². The van der Waals surface area contributed by atoms with Crippen LogP contribution >= 0.6 is 22.9 Å². The number of nitrogens with zero attached hydrogens (tertiary/aromatic N) is 3.